The van der Waals surface area contributed by atoms with E-state index in [2.05, 4.69) is 21.2 Å². The van der Waals surface area contributed by atoms with Crippen molar-refractivity contribution in [2.75, 3.05) is 12.0 Å². The van der Waals surface area contributed by atoms with Crippen molar-refractivity contribution in [2.45, 2.75) is 58.4 Å². The molecule has 0 saturated heterocycles. The second-order valence-electron chi connectivity index (χ2n) is 10.0. The van der Waals surface area contributed by atoms with Crippen molar-refractivity contribution in [2.24, 2.45) is 23.2 Å². The highest BCUT2D eigenvalue weighted by Gasteiger charge is 2.51. The van der Waals surface area contributed by atoms with Gasteiger partial charge in [-0.1, -0.05) is 12.1 Å². The first kappa shape index (κ1) is 21.0. The van der Waals surface area contributed by atoms with Gasteiger partial charge in [0.2, 0.25) is 11.9 Å². The Morgan fingerprint density at radius 2 is 1.72 bits per heavy atom. The monoisotopic (exact) mass is 437 g/mol. The molecular formula is C24H31N5O3. The van der Waals surface area contributed by atoms with Gasteiger partial charge >= 0.3 is 0 Å². The van der Waals surface area contributed by atoms with E-state index in [-0.39, 0.29) is 35.3 Å². The van der Waals surface area contributed by atoms with Gasteiger partial charge in [0, 0.05) is 13.0 Å². The molecule has 0 radical (unpaired) electrons. The van der Waals surface area contributed by atoms with Gasteiger partial charge in [-0.15, -0.1) is 0 Å². The molecule has 0 atom stereocenters. The summed E-state index contributed by atoms with van der Waals surface area (Å²) in [6, 6.07) is 7.10. The van der Waals surface area contributed by atoms with Crippen LogP contribution in [0.3, 0.4) is 0 Å². The topological polar surface area (TPSA) is 105 Å². The maximum absolute atomic E-state index is 12.7. The van der Waals surface area contributed by atoms with E-state index in [1.807, 2.05) is 13.0 Å². The molecule has 4 saturated carbocycles. The summed E-state index contributed by atoms with van der Waals surface area (Å²) in [6.07, 6.45) is 8.08. The number of fused-ring (bicyclic) bond motifs is 1. The number of benzene rings is 1. The molecule has 0 aliphatic heterocycles. The third kappa shape index (κ3) is 3.98. The van der Waals surface area contributed by atoms with Crippen LogP contribution >= 0.6 is 0 Å². The first-order valence-electron chi connectivity index (χ1n) is 11.8. The van der Waals surface area contributed by atoms with Crippen LogP contribution in [0.2, 0.25) is 0 Å². The van der Waals surface area contributed by atoms with Crippen molar-refractivity contribution in [3.63, 3.8) is 0 Å². The fourth-order valence-corrected chi connectivity index (χ4v) is 6.82. The molecule has 0 unspecified atom stereocenters. The average Bonchev–Trinajstić information content (AvgIpc) is 2.75. The van der Waals surface area contributed by atoms with Gasteiger partial charge in [-0.3, -0.25) is 29.8 Å². The minimum atomic E-state index is -0.381. The standard InChI is InChI=1S/C24H31N5O3/c1-2-29-22(32)18-5-3-4-6-19(18)26-23(29)28-27-21(31)14-25-20(30)13-24-10-15-7-16(11-24)9-17(8-15)12-24/h3-6,15-17H,2,7-14H2,1H3,(H,25,30)(H,26,28)(H,27,31). The van der Waals surface area contributed by atoms with E-state index in [4.69, 9.17) is 0 Å². The highest BCUT2D eigenvalue weighted by atomic mass is 16.2. The summed E-state index contributed by atoms with van der Waals surface area (Å²) < 4.78 is 1.47. The Morgan fingerprint density at radius 3 is 2.38 bits per heavy atom. The lowest BCUT2D eigenvalue weighted by molar-refractivity contribution is -0.131. The van der Waals surface area contributed by atoms with Crippen LogP contribution in [0.1, 0.15) is 51.9 Å². The molecule has 2 amide bonds. The van der Waals surface area contributed by atoms with E-state index in [9.17, 15) is 14.4 Å². The van der Waals surface area contributed by atoms with E-state index >= 15 is 0 Å². The van der Waals surface area contributed by atoms with E-state index < -0.39 is 0 Å². The molecule has 1 aromatic carbocycles. The molecule has 1 heterocycles. The van der Waals surface area contributed by atoms with Gasteiger partial charge in [0.25, 0.3) is 11.5 Å². The predicted molar refractivity (Wildman–Crippen MR) is 122 cm³/mol. The lowest BCUT2D eigenvalue weighted by atomic mass is 9.49. The van der Waals surface area contributed by atoms with Crippen molar-refractivity contribution in [3.8, 4) is 0 Å². The quantitative estimate of drug-likeness (QED) is 0.578. The van der Waals surface area contributed by atoms with Crippen molar-refractivity contribution in [1.29, 1.82) is 0 Å². The lowest BCUT2D eigenvalue weighted by Crippen LogP contribution is -2.48. The highest BCUT2D eigenvalue weighted by molar-refractivity contribution is 5.85. The van der Waals surface area contributed by atoms with Crippen LogP contribution in [0.15, 0.2) is 29.1 Å². The predicted octanol–water partition coefficient (Wildman–Crippen LogP) is 2.58. The normalized spacial score (nSPS) is 28.0. The van der Waals surface area contributed by atoms with Crippen molar-refractivity contribution in [3.05, 3.63) is 34.6 Å². The maximum Gasteiger partial charge on any atom is 0.262 e. The number of nitrogens with one attached hydrogen (secondary N) is 3. The molecule has 3 N–H and O–H groups in total. The smallest absolute Gasteiger partial charge is 0.262 e. The highest BCUT2D eigenvalue weighted by Crippen LogP contribution is 2.61. The Hall–Kier alpha value is -2.90. The summed E-state index contributed by atoms with van der Waals surface area (Å²) in [5, 5.41) is 3.31. The van der Waals surface area contributed by atoms with Crippen LogP contribution in [-0.4, -0.2) is 27.9 Å². The third-order valence-electron chi connectivity index (χ3n) is 7.64. The van der Waals surface area contributed by atoms with Gasteiger partial charge in [0.1, 0.15) is 0 Å². The molecule has 8 heteroatoms. The Morgan fingerprint density at radius 1 is 1.06 bits per heavy atom. The van der Waals surface area contributed by atoms with Crippen molar-refractivity contribution in [1.82, 2.24) is 20.3 Å². The van der Waals surface area contributed by atoms with E-state index in [0.717, 1.165) is 17.8 Å². The number of carbonyl (C=O) groups excluding carboxylic acids is 2. The summed E-state index contributed by atoms with van der Waals surface area (Å²) in [6.45, 7) is 2.15. The van der Waals surface area contributed by atoms with Gasteiger partial charge in [-0.2, -0.15) is 0 Å². The molecule has 4 bridgehead atoms. The first-order valence-corrected chi connectivity index (χ1v) is 11.8. The van der Waals surface area contributed by atoms with Crippen molar-refractivity contribution >= 4 is 28.7 Å². The van der Waals surface area contributed by atoms with Gasteiger partial charge in [-0.25, -0.2) is 4.98 Å². The summed E-state index contributed by atoms with van der Waals surface area (Å²) in [7, 11) is 0. The molecule has 8 nitrogen and oxygen atoms in total. The number of amides is 2. The molecule has 4 aliphatic rings. The zero-order valence-electron chi connectivity index (χ0n) is 18.5. The molecule has 2 aromatic rings. The summed E-state index contributed by atoms with van der Waals surface area (Å²) in [5.74, 6) is 2.24. The minimum Gasteiger partial charge on any atom is -0.347 e. The van der Waals surface area contributed by atoms with Crippen LogP contribution in [0.5, 0.6) is 0 Å². The zero-order valence-corrected chi connectivity index (χ0v) is 18.5. The fourth-order valence-electron chi connectivity index (χ4n) is 6.82. The second-order valence-corrected chi connectivity index (χ2v) is 10.0. The number of aromatic nitrogens is 2. The van der Waals surface area contributed by atoms with Crippen molar-refractivity contribution < 1.29 is 9.59 Å². The Bertz CT molecular complexity index is 1070. The van der Waals surface area contributed by atoms with E-state index in [1.165, 1.54) is 43.1 Å². The largest absolute Gasteiger partial charge is 0.347 e. The first-order chi connectivity index (χ1) is 15.4. The number of para-hydroxylation sites is 1. The molecule has 32 heavy (non-hydrogen) atoms. The number of hydrogen-bond donors (Lipinski definition) is 3. The summed E-state index contributed by atoms with van der Waals surface area (Å²) in [4.78, 5) is 42.1. The van der Waals surface area contributed by atoms with Gasteiger partial charge < -0.3 is 5.32 Å². The summed E-state index contributed by atoms with van der Waals surface area (Å²) in [5.41, 5.74) is 5.85. The van der Waals surface area contributed by atoms with Crippen LogP contribution in [0.4, 0.5) is 5.95 Å². The molecular weight excluding hydrogens is 406 g/mol. The fraction of sp³-hybridized carbons (Fsp3) is 0.583. The Balaban J connectivity index is 1.16. The number of hydrazine groups is 1. The molecule has 6 rings (SSSR count). The van der Waals surface area contributed by atoms with Crippen LogP contribution in [-0.2, 0) is 16.1 Å². The number of anilines is 1. The summed E-state index contributed by atoms with van der Waals surface area (Å²) >= 11 is 0. The molecule has 0 spiro atoms. The molecule has 170 valence electrons. The second kappa shape index (κ2) is 8.22. The number of carbonyl (C=O) groups is 2. The SMILES string of the molecule is CCn1c(NNC(=O)CNC(=O)CC23CC4CC(CC(C4)C2)C3)nc2ccccc2c1=O. The minimum absolute atomic E-state index is 0.0450. The van der Waals surface area contributed by atoms with Gasteiger partial charge in [0.05, 0.1) is 17.4 Å². The Labute approximate surface area is 187 Å². The van der Waals surface area contributed by atoms with Crippen LogP contribution < -0.4 is 21.7 Å². The molecule has 4 fully saturated rings. The molecule has 4 aliphatic carbocycles. The van der Waals surface area contributed by atoms with Gasteiger partial charge in [-0.05, 0) is 80.8 Å². The maximum atomic E-state index is 12.7. The Kier molecular flexibility index (Phi) is 5.39. The van der Waals surface area contributed by atoms with Gasteiger partial charge in [0.15, 0.2) is 0 Å². The average molecular weight is 438 g/mol. The number of nitrogens with zero attached hydrogens (tertiary/aromatic N) is 2. The van der Waals surface area contributed by atoms with E-state index in [1.54, 1.807) is 18.2 Å². The molecule has 1 aromatic heterocycles. The zero-order chi connectivity index (χ0) is 22.3. The van der Waals surface area contributed by atoms with E-state index in [0.29, 0.717) is 23.9 Å². The third-order valence-corrected chi connectivity index (χ3v) is 7.64. The number of rotatable bonds is 7. The number of hydrogen-bond acceptors (Lipinski definition) is 5. The van der Waals surface area contributed by atoms with Crippen LogP contribution in [0.25, 0.3) is 10.9 Å². The van der Waals surface area contributed by atoms with Crippen LogP contribution in [0, 0.1) is 23.2 Å². The lowest BCUT2D eigenvalue weighted by Gasteiger charge is -2.56.